The number of ether oxygens (including phenoxy) is 2. The van der Waals surface area contributed by atoms with Crippen LogP contribution in [0, 0.1) is 11.8 Å². The molecule has 0 bridgehead atoms. The van der Waals surface area contributed by atoms with E-state index < -0.39 is 12.0 Å². The van der Waals surface area contributed by atoms with Crippen molar-refractivity contribution in [3.63, 3.8) is 0 Å². The van der Waals surface area contributed by atoms with Crippen LogP contribution >= 0.6 is 0 Å². The number of carbonyl (C=O) groups excluding carboxylic acids is 3. The standard InChI is InChI=1S/C39H46N2O6/c42-26-34(24-30-18-20-36(21-19-30)46-27-31-13-6-2-7-14-31)40-37(43)25-32-15-8-3-9-16-33(23-29-11-4-1-5-12-29)39(45)47-28-35-17-10-22-41(35)38(32)44/h1-8,11-14,18-21,32-35,42H,9-10,15-17,22-28H2,(H,40,43)/t32-,33-,34+,35+/m1/s1. The van der Waals surface area contributed by atoms with Gasteiger partial charge in [0.25, 0.3) is 0 Å². The van der Waals surface area contributed by atoms with Crippen molar-refractivity contribution in [2.75, 3.05) is 19.8 Å². The van der Waals surface area contributed by atoms with Gasteiger partial charge in [-0.3, -0.25) is 14.4 Å². The zero-order chi connectivity index (χ0) is 32.8. The second-order valence-electron chi connectivity index (χ2n) is 12.6. The Morgan fingerprint density at radius 2 is 1.62 bits per heavy atom. The number of hydrogen-bond donors (Lipinski definition) is 2. The first-order chi connectivity index (χ1) is 23.0. The number of rotatable bonds is 11. The lowest BCUT2D eigenvalue weighted by Crippen LogP contribution is -2.45. The molecule has 2 aliphatic heterocycles. The van der Waals surface area contributed by atoms with Gasteiger partial charge >= 0.3 is 5.97 Å². The molecule has 5 rings (SSSR count). The first-order valence-corrected chi connectivity index (χ1v) is 16.8. The summed E-state index contributed by atoms with van der Waals surface area (Å²) in [5, 5.41) is 13.0. The number of aliphatic hydroxyl groups is 1. The molecule has 248 valence electrons. The third-order valence-electron chi connectivity index (χ3n) is 9.03. The molecule has 2 N–H and O–H groups in total. The highest BCUT2D eigenvalue weighted by Gasteiger charge is 2.35. The minimum atomic E-state index is -0.538. The fourth-order valence-electron chi connectivity index (χ4n) is 6.40. The van der Waals surface area contributed by atoms with Crippen LogP contribution in [0.3, 0.4) is 0 Å². The van der Waals surface area contributed by atoms with Crippen LogP contribution in [0.15, 0.2) is 97.1 Å². The zero-order valence-corrected chi connectivity index (χ0v) is 27.0. The monoisotopic (exact) mass is 638 g/mol. The van der Waals surface area contributed by atoms with Crippen molar-refractivity contribution >= 4 is 17.8 Å². The van der Waals surface area contributed by atoms with Crippen molar-refractivity contribution in [3.05, 3.63) is 114 Å². The van der Waals surface area contributed by atoms with Crippen LogP contribution in [-0.2, 0) is 38.6 Å². The van der Waals surface area contributed by atoms with Crippen LogP contribution in [0.5, 0.6) is 5.75 Å². The van der Waals surface area contributed by atoms with Gasteiger partial charge in [-0.15, -0.1) is 0 Å². The smallest absolute Gasteiger partial charge is 0.309 e. The number of aliphatic hydroxyl groups excluding tert-OH is 1. The summed E-state index contributed by atoms with van der Waals surface area (Å²) in [6.45, 7) is 1.01. The second kappa shape index (κ2) is 17.5. The van der Waals surface area contributed by atoms with Gasteiger partial charge < -0.3 is 24.8 Å². The van der Waals surface area contributed by atoms with Crippen LogP contribution in [0.4, 0.5) is 0 Å². The zero-order valence-electron chi connectivity index (χ0n) is 27.0. The maximum absolute atomic E-state index is 13.8. The molecular weight excluding hydrogens is 592 g/mol. The van der Waals surface area contributed by atoms with Gasteiger partial charge in [0.2, 0.25) is 11.8 Å². The Balaban J connectivity index is 1.17. The topological polar surface area (TPSA) is 105 Å². The van der Waals surface area contributed by atoms with Crippen LogP contribution < -0.4 is 10.1 Å². The SMILES string of the molecule is O=C(C[C@H]1CC=CCC[C@H](Cc2ccccc2)C(=O)OC[C@@H]2CCCN2C1=O)N[C@H](CO)Cc1ccc(OCc2ccccc2)cc1. The Morgan fingerprint density at radius 3 is 2.34 bits per heavy atom. The van der Waals surface area contributed by atoms with E-state index in [0.717, 1.165) is 35.3 Å². The maximum Gasteiger partial charge on any atom is 0.309 e. The maximum atomic E-state index is 13.8. The summed E-state index contributed by atoms with van der Waals surface area (Å²) in [6.07, 6.45) is 8.41. The molecule has 8 nitrogen and oxygen atoms in total. The average Bonchev–Trinajstić information content (AvgIpc) is 3.58. The van der Waals surface area contributed by atoms with Gasteiger partial charge in [0.15, 0.2) is 0 Å². The Hall–Kier alpha value is -4.43. The third-order valence-corrected chi connectivity index (χ3v) is 9.03. The molecule has 0 aliphatic carbocycles. The Labute approximate surface area is 277 Å². The van der Waals surface area contributed by atoms with Crippen molar-refractivity contribution in [1.29, 1.82) is 0 Å². The number of nitrogens with zero attached hydrogens (tertiary/aromatic N) is 1. The van der Waals surface area contributed by atoms with Gasteiger partial charge in [-0.05, 0) is 73.8 Å². The molecule has 8 heteroatoms. The molecule has 1 saturated heterocycles. The Bertz CT molecular complexity index is 1460. The number of carbonyl (C=O) groups is 3. The van der Waals surface area contributed by atoms with E-state index >= 15 is 0 Å². The molecule has 2 heterocycles. The molecule has 0 radical (unpaired) electrons. The van der Waals surface area contributed by atoms with E-state index in [1.807, 2.05) is 97.1 Å². The molecule has 2 amide bonds. The van der Waals surface area contributed by atoms with E-state index in [0.29, 0.717) is 45.3 Å². The first kappa shape index (κ1) is 33.9. The Morgan fingerprint density at radius 1 is 0.894 bits per heavy atom. The lowest BCUT2D eigenvalue weighted by Gasteiger charge is -2.29. The number of esters is 1. The summed E-state index contributed by atoms with van der Waals surface area (Å²) in [4.78, 5) is 42.0. The van der Waals surface area contributed by atoms with Crippen LogP contribution in [0.25, 0.3) is 0 Å². The highest BCUT2D eigenvalue weighted by atomic mass is 16.5. The quantitative estimate of drug-likeness (QED) is 0.215. The molecule has 3 aromatic rings. The number of cyclic esters (lactones) is 1. The molecule has 0 spiro atoms. The molecule has 4 atom stereocenters. The van der Waals surface area contributed by atoms with Crippen molar-refractivity contribution < 1.29 is 29.0 Å². The fraction of sp³-hybridized carbons (Fsp3) is 0.410. The summed E-state index contributed by atoms with van der Waals surface area (Å²) in [5.74, 6) is -0.634. The molecule has 0 unspecified atom stereocenters. The minimum absolute atomic E-state index is 0.0194. The molecular formula is C39H46N2O6. The third kappa shape index (κ3) is 10.3. The van der Waals surface area contributed by atoms with Crippen LogP contribution in [0.1, 0.15) is 55.2 Å². The molecule has 0 saturated carbocycles. The van der Waals surface area contributed by atoms with Crippen molar-refractivity contribution in [3.8, 4) is 5.75 Å². The molecule has 0 aromatic heterocycles. The summed E-state index contributed by atoms with van der Waals surface area (Å²) < 4.78 is 11.7. The number of benzene rings is 3. The van der Waals surface area contributed by atoms with E-state index in [1.54, 1.807) is 4.90 Å². The van der Waals surface area contributed by atoms with Gasteiger partial charge in [-0.2, -0.15) is 0 Å². The lowest BCUT2D eigenvalue weighted by atomic mass is 9.94. The normalized spacial score (nSPS) is 21.0. The summed E-state index contributed by atoms with van der Waals surface area (Å²) >= 11 is 0. The number of amides is 2. The number of nitrogens with one attached hydrogen (secondary N) is 1. The average molecular weight is 639 g/mol. The lowest BCUT2D eigenvalue weighted by molar-refractivity contribution is -0.152. The molecule has 47 heavy (non-hydrogen) atoms. The predicted molar refractivity (Wildman–Crippen MR) is 180 cm³/mol. The van der Waals surface area contributed by atoms with Crippen LogP contribution in [0.2, 0.25) is 0 Å². The molecule has 3 aromatic carbocycles. The van der Waals surface area contributed by atoms with E-state index in [1.165, 1.54) is 0 Å². The van der Waals surface area contributed by atoms with Crippen molar-refractivity contribution in [2.24, 2.45) is 11.8 Å². The summed E-state index contributed by atoms with van der Waals surface area (Å²) in [5.41, 5.74) is 3.14. The molecule has 1 fully saturated rings. The molecule has 2 aliphatic rings. The van der Waals surface area contributed by atoms with E-state index in [-0.39, 0.29) is 49.4 Å². The highest BCUT2D eigenvalue weighted by molar-refractivity contribution is 5.86. The minimum Gasteiger partial charge on any atom is -0.489 e. The van der Waals surface area contributed by atoms with E-state index in [9.17, 15) is 19.5 Å². The van der Waals surface area contributed by atoms with Crippen molar-refractivity contribution in [2.45, 2.75) is 70.1 Å². The number of hydrogen-bond acceptors (Lipinski definition) is 6. The van der Waals surface area contributed by atoms with Gasteiger partial charge in [-0.1, -0.05) is 84.9 Å². The number of fused-ring (bicyclic) bond motifs is 1. The fourth-order valence-corrected chi connectivity index (χ4v) is 6.40. The van der Waals surface area contributed by atoms with E-state index in [4.69, 9.17) is 9.47 Å². The van der Waals surface area contributed by atoms with Crippen LogP contribution in [-0.4, -0.2) is 59.6 Å². The van der Waals surface area contributed by atoms with Crippen molar-refractivity contribution in [1.82, 2.24) is 10.2 Å². The van der Waals surface area contributed by atoms with Gasteiger partial charge in [0, 0.05) is 13.0 Å². The summed E-state index contributed by atoms with van der Waals surface area (Å²) in [6, 6.07) is 26.9. The number of allylic oxidation sites excluding steroid dienone is 2. The summed E-state index contributed by atoms with van der Waals surface area (Å²) in [7, 11) is 0. The largest absolute Gasteiger partial charge is 0.489 e. The van der Waals surface area contributed by atoms with Gasteiger partial charge in [-0.25, -0.2) is 0 Å². The first-order valence-electron chi connectivity index (χ1n) is 16.8. The second-order valence-corrected chi connectivity index (χ2v) is 12.6. The predicted octanol–water partition coefficient (Wildman–Crippen LogP) is 5.42. The Kier molecular flexibility index (Phi) is 12.6. The van der Waals surface area contributed by atoms with E-state index in [2.05, 4.69) is 5.32 Å². The van der Waals surface area contributed by atoms with Gasteiger partial charge in [0.1, 0.15) is 19.0 Å². The van der Waals surface area contributed by atoms with Gasteiger partial charge in [0.05, 0.1) is 30.5 Å². The highest BCUT2D eigenvalue weighted by Crippen LogP contribution is 2.26.